The van der Waals surface area contributed by atoms with Gasteiger partial charge >= 0.3 is 0 Å². The Morgan fingerprint density at radius 1 is 1.06 bits per heavy atom. The van der Waals surface area contributed by atoms with Crippen LogP contribution in [0.2, 0.25) is 0 Å². The minimum absolute atomic E-state index is 0.225. The summed E-state index contributed by atoms with van der Waals surface area (Å²) in [7, 11) is 0. The number of ether oxygens (including phenoxy) is 1. The molecule has 0 spiro atoms. The van der Waals surface area contributed by atoms with Gasteiger partial charge in [-0.25, -0.2) is 4.98 Å². The van der Waals surface area contributed by atoms with Crippen molar-refractivity contribution in [2.75, 3.05) is 63.1 Å². The van der Waals surface area contributed by atoms with Gasteiger partial charge in [0, 0.05) is 71.2 Å². The number of carbonyl (C=O) groups excluding carboxylic acids is 1. The van der Waals surface area contributed by atoms with E-state index in [-0.39, 0.29) is 5.91 Å². The van der Waals surface area contributed by atoms with Crippen LogP contribution in [0.3, 0.4) is 0 Å². The lowest BCUT2D eigenvalue weighted by Gasteiger charge is -2.26. The largest absolute Gasteiger partial charge is 0.379 e. The molecule has 34 heavy (non-hydrogen) atoms. The van der Waals surface area contributed by atoms with Gasteiger partial charge in [0.05, 0.1) is 19.5 Å². The van der Waals surface area contributed by atoms with E-state index in [1.807, 2.05) is 27.8 Å². The number of imidazole rings is 1. The number of rotatable bonds is 10. The molecule has 0 aromatic carbocycles. The van der Waals surface area contributed by atoms with Crippen molar-refractivity contribution in [3.63, 3.8) is 0 Å². The van der Waals surface area contributed by atoms with Crippen molar-refractivity contribution in [1.82, 2.24) is 34.3 Å². The van der Waals surface area contributed by atoms with Gasteiger partial charge in [-0.1, -0.05) is 6.07 Å². The number of pyridine rings is 1. The molecule has 2 saturated heterocycles. The number of hydrogen-bond acceptors (Lipinski definition) is 9. The van der Waals surface area contributed by atoms with Crippen molar-refractivity contribution >= 4 is 28.8 Å². The number of nitrogens with zero attached hydrogens (tertiary/aromatic N) is 7. The molecular formula is C23H31N9O2. The second-order valence-electron chi connectivity index (χ2n) is 8.59. The fourth-order valence-electron chi connectivity index (χ4n) is 4.32. The zero-order chi connectivity index (χ0) is 23.2. The first-order valence-corrected chi connectivity index (χ1v) is 11.9. The van der Waals surface area contributed by atoms with E-state index >= 15 is 0 Å². The quantitative estimate of drug-likeness (QED) is 0.456. The smallest absolute Gasteiger partial charge is 0.227 e. The zero-order valence-corrected chi connectivity index (χ0v) is 19.3. The highest BCUT2D eigenvalue weighted by molar-refractivity contribution is 5.84. The van der Waals surface area contributed by atoms with Crippen LogP contribution in [-0.4, -0.2) is 92.7 Å². The van der Waals surface area contributed by atoms with Crippen LogP contribution in [-0.2, 0) is 22.6 Å². The van der Waals surface area contributed by atoms with Crippen molar-refractivity contribution in [2.24, 2.45) is 0 Å². The van der Waals surface area contributed by atoms with E-state index in [0.29, 0.717) is 37.8 Å². The van der Waals surface area contributed by atoms with Gasteiger partial charge in [-0.3, -0.25) is 14.7 Å². The molecule has 3 aromatic heterocycles. The van der Waals surface area contributed by atoms with Gasteiger partial charge in [0.15, 0.2) is 17.0 Å². The topological polar surface area (TPSA) is 113 Å². The summed E-state index contributed by atoms with van der Waals surface area (Å²) in [5.74, 6) is 1.47. The van der Waals surface area contributed by atoms with Crippen LogP contribution in [0.5, 0.6) is 0 Å². The maximum atomic E-state index is 12.0. The van der Waals surface area contributed by atoms with Crippen molar-refractivity contribution in [1.29, 1.82) is 0 Å². The molecule has 11 heteroatoms. The Kier molecular flexibility index (Phi) is 7.10. The number of hydrogen-bond donors (Lipinski definition) is 2. The minimum atomic E-state index is 0.225. The second-order valence-corrected chi connectivity index (χ2v) is 8.59. The molecule has 2 aliphatic rings. The number of anilines is 2. The maximum absolute atomic E-state index is 12.0. The highest BCUT2D eigenvalue weighted by Gasteiger charge is 2.21. The molecule has 11 nitrogen and oxygen atoms in total. The van der Waals surface area contributed by atoms with Crippen LogP contribution >= 0.6 is 0 Å². The Hall–Kier alpha value is -3.31. The molecule has 180 valence electrons. The fraction of sp³-hybridized carbons (Fsp3) is 0.522. The SMILES string of the molecule is O=C1CCCN1CCn1cnc2c(NCCN3CCOCC3)nc(NCc3cccnc3)nc21. The summed E-state index contributed by atoms with van der Waals surface area (Å²) in [6.07, 6.45) is 6.95. The second kappa shape index (κ2) is 10.7. The summed E-state index contributed by atoms with van der Waals surface area (Å²) in [5.41, 5.74) is 2.54. The third-order valence-electron chi connectivity index (χ3n) is 6.24. The van der Waals surface area contributed by atoms with Crippen LogP contribution in [0.4, 0.5) is 11.8 Å². The number of likely N-dealkylation sites (tertiary alicyclic amines) is 1. The molecule has 2 fully saturated rings. The monoisotopic (exact) mass is 465 g/mol. The molecule has 2 N–H and O–H groups in total. The van der Waals surface area contributed by atoms with E-state index in [2.05, 4.69) is 25.5 Å². The van der Waals surface area contributed by atoms with Gasteiger partial charge in [0.1, 0.15) is 0 Å². The van der Waals surface area contributed by atoms with E-state index in [4.69, 9.17) is 14.7 Å². The van der Waals surface area contributed by atoms with E-state index < -0.39 is 0 Å². The van der Waals surface area contributed by atoms with Crippen LogP contribution in [0.25, 0.3) is 11.2 Å². The highest BCUT2D eigenvalue weighted by Crippen LogP contribution is 2.22. The number of nitrogens with one attached hydrogen (secondary N) is 2. The third-order valence-corrected chi connectivity index (χ3v) is 6.24. The first kappa shape index (κ1) is 22.5. The first-order chi connectivity index (χ1) is 16.8. The summed E-state index contributed by atoms with van der Waals surface area (Å²) in [6, 6.07) is 3.92. The van der Waals surface area contributed by atoms with Crippen molar-refractivity contribution in [3.05, 3.63) is 36.4 Å². The van der Waals surface area contributed by atoms with Crippen LogP contribution in [0, 0.1) is 0 Å². The molecule has 2 aliphatic heterocycles. The van der Waals surface area contributed by atoms with Gasteiger partial charge in [0.2, 0.25) is 11.9 Å². The number of carbonyl (C=O) groups is 1. The average molecular weight is 466 g/mol. The van der Waals surface area contributed by atoms with Crippen molar-refractivity contribution < 1.29 is 9.53 Å². The average Bonchev–Trinajstić information content (AvgIpc) is 3.48. The number of aromatic nitrogens is 5. The van der Waals surface area contributed by atoms with Gasteiger partial charge in [-0.15, -0.1) is 0 Å². The van der Waals surface area contributed by atoms with Gasteiger partial charge in [-0.2, -0.15) is 9.97 Å². The summed E-state index contributed by atoms with van der Waals surface area (Å²) >= 11 is 0. The number of fused-ring (bicyclic) bond motifs is 1. The van der Waals surface area contributed by atoms with Gasteiger partial charge < -0.3 is 24.8 Å². The molecule has 0 unspecified atom stereocenters. The van der Waals surface area contributed by atoms with Gasteiger partial charge in [-0.05, 0) is 18.1 Å². The van der Waals surface area contributed by atoms with E-state index in [1.165, 1.54) is 0 Å². The van der Waals surface area contributed by atoms with E-state index in [0.717, 1.165) is 69.1 Å². The lowest BCUT2D eigenvalue weighted by Crippen LogP contribution is -2.39. The number of amides is 1. The Morgan fingerprint density at radius 2 is 1.97 bits per heavy atom. The van der Waals surface area contributed by atoms with Crippen molar-refractivity contribution in [2.45, 2.75) is 25.9 Å². The number of morpholine rings is 1. The highest BCUT2D eigenvalue weighted by atomic mass is 16.5. The molecular weight excluding hydrogens is 434 g/mol. The zero-order valence-electron chi connectivity index (χ0n) is 19.3. The lowest BCUT2D eigenvalue weighted by atomic mass is 10.3. The first-order valence-electron chi connectivity index (χ1n) is 11.9. The summed E-state index contributed by atoms with van der Waals surface area (Å²) < 4.78 is 7.44. The predicted molar refractivity (Wildman–Crippen MR) is 128 cm³/mol. The molecule has 5 heterocycles. The normalized spacial score (nSPS) is 16.9. The lowest BCUT2D eigenvalue weighted by molar-refractivity contribution is -0.127. The Bertz CT molecular complexity index is 1100. The van der Waals surface area contributed by atoms with Crippen LogP contribution < -0.4 is 10.6 Å². The fourth-order valence-corrected chi connectivity index (χ4v) is 4.32. The molecule has 3 aromatic rings. The van der Waals surface area contributed by atoms with Crippen LogP contribution in [0.15, 0.2) is 30.9 Å². The predicted octanol–water partition coefficient (Wildman–Crippen LogP) is 1.20. The summed E-state index contributed by atoms with van der Waals surface area (Å²) in [5, 5.41) is 6.78. The molecule has 0 atom stereocenters. The Labute approximate surface area is 198 Å². The summed E-state index contributed by atoms with van der Waals surface area (Å²) in [6.45, 7) is 7.82. The molecule has 1 amide bonds. The van der Waals surface area contributed by atoms with Crippen LogP contribution in [0.1, 0.15) is 18.4 Å². The van der Waals surface area contributed by atoms with Crippen molar-refractivity contribution in [3.8, 4) is 0 Å². The maximum Gasteiger partial charge on any atom is 0.227 e. The molecule has 0 radical (unpaired) electrons. The van der Waals surface area contributed by atoms with E-state index in [1.54, 1.807) is 12.5 Å². The standard InChI is InChI=1S/C23H31N9O2/c33-19-4-2-7-31(19)9-10-32-17-27-20-21(25-6-8-30-11-13-34-14-12-30)28-23(29-22(20)32)26-16-18-3-1-5-24-15-18/h1,3,5,15,17H,2,4,6-14,16H2,(H2,25,26,28,29). The molecule has 0 bridgehead atoms. The van der Waals surface area contributed by atoms with Gasteiger partial charge in [0.25, 0.3) is 0 Å². The molecule has 0 saturated carbocycles. The minimum Gasteiger partial charge on any atom is -0.379 e. The van der Waals surface area contributed by atoms with E-state index in [9.17, 15) is 4.79 Å². The molecule has 0 aliphatic carbocycles. The Morgan fingerprint density at radius 3 is 2.76 bits per heavy atom. The molecule has 5 rings (SSSR count). The Balaban J connectivity index is 1.33. The third kappa shape index (κ3) is 5.42. The summed E-state index contributed by atoms with van der Waals surface area (Å²) in [4.78, 5) is 34.6.